The monoisotopic (exact) mass is 384 g/mol. The molecule has 0 aliphatic rings. The van der Waals surface area contributed by atoms with Gasteiger partial charge in [-0.05, 0) is 46.7 Å². The van der Waals surface area contributed by atoms with Crippen LogP contribution >= 0.6 is 0 Å². The number of hydrogen-bond donors (Lipinski definition) is 1. The third kappa shape index (κ3) is 14.6. The van der Waals surface area contributed by atoms with Crippen LogP contribution in [0.2, 0.25) is 0 Å². The summed E-state index contributed by atoms with van der Waals surface area (Å²) in [6, 6.07) is 0.241. The highest BCUT2D eigenvalue weighted by Gasteiger charge is 2.18. The number of carbonyl (C=O) groups excluding carboxylic acids is 1. The van der Waals surface area contributed by atoms with Gasteiger partial charge in [0.25, 0.3) is 0 Å². The Morgan fingerprint density at radius 2 is 1.44 bits per heavy atom. The van der Waals surface area contributed by atoms with E-state index in [2.05, 4.69) is 31.1 Å². The summed E-state index contributed by atoms with van der Waals surface area (Å²) in [5.74, 6) is -0.0873. The number of carbonyl (C=O) groups is 1. The van der Waals surface area contributed by atoms with Crippen molar-refractivity contribution in [2.75, 3.05) is 20.7 Å². The molecule has 0 amide bonds. The maximum absolute atomic E-state index is 11.3. The van der Waals surface area contributed by atoms with Crippen LogP contribution in [0, 0.1) is 0 Å². The molecular formula is C22H44N2O3. The fourth-order valence-corrected chi connectivity index (χ4v) is 3.46. The zero-order valence-corrected chi connectivity index (χ0v) is 18.3. The first-order valence-corrected chi connectivity index (χ1v) is 11.1. The van der Waals surface area contributed by atoms with E-state index in [0.29, 0.717) is 13.0 Å². The van der Waals surface area contributed by atoms with Crippen molar-refractivity contribution in [1.82, 2.24) is 4.90 Å². The van der Waals surface area contributed by atoms with E-state index in [1.807, 2.05) is 6.92 Å². The van der Waals surface area contributed by atoms with E-state index in [0.717, 1.165) is 50.7 Å². The van der Waals surface area contributed by atoms with Gasteiger partial charge in [0, 0.05) is 6.42 Å². The van der Waals surface area contributed by atoms with Crippen molar-refractivity contribution >= 4 is 11.7 Å². The summed E-state index contributed by atoms with van der Waals surface area (Å²) < 4.78 is 4.94. The molecule has 0 aliphatic heterocycles. The average Bonchev–Trinajstić information content (AvgIpc) is 2.64. The number of hydrogen-bond acceptors (Lipinski definition) is 5. The molecule has 0 saturated heterocycles. The zero-order valence-electron chi connectivity index (χ0n) is 18.3. The SMILES string of the molecule is CCCCCCCCC(C(CCCCCCCC(=O)OCC)=NO)N(C)C. The lowest BCUT2D eigenvalue weighted by molar-refractivity contribution is -0.143. The standard InChI is InChI=1S/C22H44N2O3/c1-5-7-8-9-12-15-18-21(24(3)4)20(23-26)17-14-11-10-13-16-19-22(25)27-6-2/h21,26H,5-19H2,1-4H3. The minimum Gasteiger partial charge on any atom is -0.466 e. The normalized spacial score (nSPS) is 13.1. The predicted molar refractivity (Wildman–Crippen MR) is 114 cm³/mol. The zero-order chi connectivity index (χ0) is 20.3. The van der Waals surface area contributed by atoms with Crippen LogP contribution in [0.5, 0.6) is 0 Å². The molecule has 1 atom stereocenters. The number of esters is 1. The van der Waals surface area contributed by atoms with E-state index in [1.54, 1.807) is 0 Å². The summed E-state index contributed by atoms with van der Waals surface area (Å²) in [6.07, 6.45) is 15.4. The predicted octanol–water partition coefficient (Wildman–Crippen LogP) is 5.79. The van der Waals surface area contributed by atoms with Crippen molar-refractivity contribution in [3.63, 3.8) is 0 Å². The minimum atomic E-state index is -0.0873. The first-order chi connectivity index (χ1) is 13.1. The smallest absolute Gasteiger partial charge is 0.305 e. The molecule has 0 aromatic rings. The van der Waals surface area contributed by atoms with E-state index < -0.39 is 0 Å². The molecule has 5 nitrogen and oxygen atoms in total. The van der Waals surface area contributed by atoms with Gasteiger partial charge in [-0.25, -0.2) is 0 Å². The van der Waals surface area contributed by atoms with Gasteiger partial charge in [0.15, 0.2) is 0 Å². The highest BCUT2D eigenvalue weighted by atomic mass is 16.5. The number of ether oxygens (including phenoxy) is 1. The first kappa shape index (κ1) is 25.9. The van der Waals surface area contributed by atoms with Crippen molar-refractivity contribution in [1.29, 1.82) is 0 Å². The Morgan fingerprint density at radius 3 is 2.00 bits per heavy atom. The second kappa shape index (κ2) is 18.3. The summed E-state index contributed by atoms with van der Waals surface area (Å²) in [5.41, 5.74) is 0.917. The van der Waals surface area contributed by atoms with Gasteiger partial charge in [0.05, 0.1) is 18.4 Å². The van der Waals surface area contributed by atoms with Crippen LogP contribution in [-0.4, -0.2) is 48.5 Å². The molecule has 0 aromatic carbocycles. The van der Waals surface area contributed by atoms with Crippen LogP contribution < -0.4 is 0 Å². The molecule has 0 spiro atoms. The molecule has 0 heterocycles. The van der Waals surface area contributed by atoms with Crippen molar-refractivity contribution in [2.24, 2.45) is 5.16 Å². The van der Waals surface area contributed by atoms with Crippen LogP contribution in [0.1, 0.15) is 104 Å². The Hall–Kier alpha value is -1.10. The third-order valence-corrected chi connectivity index (χ3v) is 5.09. The van der Waals surface area contributed by atoms with Crippen molar-refractivity contribution in [2.45, 2.75) is 110 Å². The summed E-state index contributed by atoms with van der Waals surface area (Å²) in [5, 5.41) is 13.1. The molecular weight excluding hydrogens is 340 g/mol. The quantitative estimate of drug-likeness (QED) is 0.107. The Morgan fingerprint density at radius 1 is 0.889 bits per heavy atom. The molecule has 1 N–H and O–H groups in total. The van der Waals surface area contributed by atoms with Crippen molar-refractivity contribution < 1.29 is 14.7 Å². The topological polar surface area (TPSA) is 62.1 Å². The van der Waals surface area contributed by atoms with Crippen molar-refractivity contribution in [3.8, 4) is 0 Å². The average molecular weight is 385 g/mol. The van der Waals surface area contributed by atoms with Gasteiger partial charge in [0.2, 0.25) is 0 Å². The lowest BCUT2D eigenvalue weighted by atomic mass is 9.97. The van der Waals surface area contributed by atoms with Gasteiger partial charge in [-0.3, -0.25) is 4.79 Å². The molecule has 0 aromatic heterocycles. The molecule has 0 saturated carbocycles. The van der Waals surface area contributed by atoms with Gasteiger partial charge >= 0.3 is 5.97 Å². The fourth-order valence-electron chi connectivity index (χ4n) is 3.46. The molecule has 0 fully saturated rings. The lowest BCUT2D eigenvalue weighted by Crippen LogP contribution is -2.36. The van der Waals surface area contributed by atoms with Gasteiger partial charge < -0.3 is 14.8 Å². The lowest BCUT2D eigenvalue weighted by Gasteiger charge is -2.25. The van der Waals surface area contributed by atoms with Crippen molar-refractivity contribution in [3.05, 3.63) is 0 Å². The minimum absolute atomic E-state index is 0.0873. The number of nitrogens with zero attached hydrogens (tertiary/aromatic N) is 2. The molecule has 5 heteroatoms. The molecule has 0 radical (unpaired) electrons. The highest BCUT2D eigenvalue weighted by molar-refractivity contribution is 5.89. The van der Waals surface area contributed by atoms with Crippen LogP contribution in [0.3, 0.4) is 0 Å². The Labute approximate surface area is 167 Å². The molecule has 27 heavy (non-hydrogen) atoms. The van der Waals surface area contributed by atoms with E-state index >= 15 is 0 Å². The van der Waals surface area contributed by atoms with Gasteiger partial charge in [-0.2, -0.15) is 0 Å². The first-order valence-electron chi connectivity index (χ1n) is 11.1. The molecule has 0 bridgehead atoms. The molecule has 0 aliphatic carbocycles. The van der Waals surface area contributed by atoms with E-state index in [1.165, 1.54) is 38.5 Å². The van der Waals surface area contributed by atoms with E-state index in [4.69, 9.17) is 4.74 Å². The summed E-state index contributed by atoms with van der Waals surface area (Å²) in [6.45, 7) is 4.55. The highest BCUT2D eigenvalue weighted by Crippen LogP contribution is 2.16. The molecule has 1 unspecified atom stereocenters. The number of unbranched alkanes of at least 4 members (excludes halogenated alkanes) is 9. The number of oxime groups is 1. The van der Waals surface area contributed by atoms with Crippen LogP contribution in [0.15, 0.2) is 5.16 Å². The van der Waals surface area contributed by atoms with Crippen LogP contribution in [0.4, 0.5) is 0 Å². The maximum atomic E-state index is 11.3. The fraction of sp³-hybridized carbons (Fsp3) is 0.909. The van der Waals surface area contributed by atoms with Gasteiger partial charge in [0.1, 0.15) is 0 Å². The third-order valence-electron chi connectivity index (χ3n) is 5.09. The van der Waals surface area contributed by atoms with Gasteiger partial charge in [-0.15, -0.1) is 0 Å². The molecule has 160 valence electrons. The molecule has 0 rings (SSSR count). The Bertz CT molecular complexity index is 384. The summed E-state index contributed by atoms with van der Waals surface area (Å²) in [7, 11) is 4.14. The summed E-state index contributed by atoms with van der Waals surface area (Å²) >= 11 is 0. The van der Waals surface area contributed by atoms with E-state index in [-0.39, 0.29) is 12.0 Å². The van der Waals surface area contributed by atoms with Crippen LogP contribution in [0.25, 0.3) is 0 Å². The summed E-state index contributed by atoms with van der Waals surface area (Å²) in [4.78, 5) is 13.5. The van der Waals surface area contributed by atoms with Crippen LogP contribution in [-0.2, 0) is 9.53 Å². The number of rotatable bonds is 18. The Kier molecular flexibility index (Phi) is 17.5. The van der Waals surface area contributed by atoms with E-state index in [9.17, 15) is 10.0 Å². The van der Waals surface area contributed by atoms with Gasteiger partial charge in [-0.1, -0.05) is 69.9 Å². The Balaban J connectivity index is 3.96. The second-order valence-corrected chi connectivity index (χ2v) is 7.70. The second-order valence-electron chi connectivity index (χ2n) is 7.70. The maximum Gasteiger partial charge on any atom is 0.305 e. The largest absolute Gasteiger partial charge is 0.466 e.